The summed E-state index contributed by atoms with van der Waals surface area (Å²) in [7, 11) is 2.09. The lowest BCUT2D eigenvalue weighted by Gasteiger charge is -2.23. The number of likely N-dealkylation sites (N-methyl/N-ethyl adjacent to an activating group) is 1. The first-order valence-electron chi connectivity index (χ1n) is 11.5. The molecule has 0 saturated carbocycles. The number of alkyl halides is 3. The van der Waals surface area contributed by atoms with Gasteiger partial charge in [0.25, 0.3) is 0 Å². The average Bonchev–Trinajstić information content (AvgIpc) is 3.10. The molecule has 0 amide bonds. The molecule has 10 heteroatoms. The Morgan fingerprint density at radius 1 is 1.20 bits per heavy atom. The minimum Gasteiger partial charge on any atom is -0.492 e. The SMILES string of the molecule is Cc1nc(N[C@H](C)c2cc(N)cc(C(F)(F)F)c2F)c2cc(OC[C@@H]3CC[C@@H](C)N3C)ccc2n1. The van der Waals surface area contributed by atoms with Crippen molar-refractivity contribution in [2.75, 3.05) is 24.7 Å². The number of nitrogen functional groups attached to an aromatic ring is 1. The molecule has 0 unspecified atom stereocenters. The van der Waals surface area contributed by atoms with Crippen molar-refractivity contribution in [1.82, 2.24) is 14.9 Å². The third-order valence-corrected chi connectivity index (χ3v) is 6.66. The number of nitrogens with two attached hydrogens (primary N) is 1. The highest BCUT2D eigenvalue weighted by molar-refractivity contribution is 5.90. The Bertz CT molecular complexity index is 1230. The van der Waals surface area contributed by atoms with Crippen molar-refractivity contribution < 1.29 is 22.3 Å². The van der Waals surface area contributed by atoms with E-state index in [2.05, 4.69) is 34.2 Å². The van der Waals surface area contributed by atoms with Gasteiger partial charge in [-0.25, -0.2) is 14.4 Å². The topological polar surface area (TPSA) is 76.3 Å². The highest BCUT2D eigenvalue weighted by atomic mass is 19.4. The van der Waals surface area contributed by atoms with Gasteiger partial charge in [-0.1, -0.05) is 0 Å². The molecule has 1 aromatic heterocycles. The molecule has 3 N–H and O–H groups in total. The van der Waals surface area contributed by atoms with Crippen molar-refractivity contribution in [2.45, 2.75) is 57.9 Å². The number of rotatable bonds is 6. The van der Waals surface area contributed by atoms with E-state index in [4.69, 9.17) is 10.5 Å². The number of anilines is 2. The van der Waals surface area contributed by atoms with Crippen LogP contribution in [0.1, 0.15) is 49.7 Å². The van der Waals surface area contributed by atoms with E-state index in [0.29, 0.717) is 53.1 Å². The molecule has 0 spiro atoms. The third-order valence-electron chi connectivity index (χ3n) is 6.66. The summed E-state index contributed by atoms with van der Waals surface area (Å²) in [6.07, 6.45) is -2.68. The monoisotopic (exact) mass is 491 g/mol. The number of nitrogens with one attached hydrogen (secondary N) is 1. The van der Waals surface area contributed by atoms with Gasteiger partial charge in [0.1, 0.15) is 29.8 Å². The fraction of sp³-hybridized carbons (Fsp3) is 0.440. The summed E-state index contributed by atoms with van der Waals surface area (Å²) in [5, 5.41) is 3.67. The zero-order valence-electron chi connectivity index (χ0n) is 20.1. The van der Waals surface area contributed by atoms with Gasteiger partial charge < -0.3 is 15.8 Å². The number of aromatic nitrogens is 2. The van der Waals surface area contributed by atoms with Crippen LogP contribution in [0, 0.1) is 12.7 Å². The van der Waals surface area contributed by atoms with Crippen molar-refractivity contribution in [3.8, 4) is 5.75 Å². The number of ether oxygens (including phenoxy) is 1. The molecule has 4 rings (SSSR count). The van der Waals surface area contributed by atoms with Crippen molar-refractivity contribution >= 4 is 22.4 Å². The molecule has 1 fully saturated rings. The summed E-state index contributed by atoms with van der Waals surface area (Å²) in [5.41, 5.74) is 4.52. The van der Waals surface area contributed by atoms with Crippen LogP contribution >= 0.6 is 0 Å². The van der Waals surface area contributed by atoms with Gasteiger partial charge in [0.2, 0.25) is 0 Å². The zero-order valence-corrected chi connectivity index (χ0v) is 20.1. The summed E-state index contributed by atoms with van der Waals surface area (Å²) in [5.74, 6) is 0.0997. The van der Waals surface area contributed by atoms with Crippen molar-refractivity contribution in [2.24, 2.45) is 0 Å². The fourth-order valence-corrected chi connectivity index (χ4v) is 4.49. The second-order valence-electron chi connectivity index (χ2n) is 9.19. The van der Waals surface area contributed by atoms with Crippen LogP contribution in [-0.2, 0) is 6.18 Å². The van der Waals surface area contributed by atoms with Crippen LogP contribution < -0.4 is 15.8 Å². The molecule has 6 nitrogen and oxygen atoms in total. The molecule has 188 valence electrons. The Morgan fingerprint density at radius 2 is 1.94 bits per heavy atom. The minimum absolute atomic E-state index is 0.173. The molecule has 0 radical (unpaired) electrons. The molecule has 1 aliphatic rings. The maximum atomic E-state index is 14.8. The number of nitrogens with zero attached hydrogens (tertiary/aromatic N) is 3. The number of halogens is 4. The van der Waals surface area contributed by atoms with E-state index in [-0.39, 0.29) is 11.3 Å². The number of hydrogen-bond donors (Lipinski definition) is 2. The Hall–Kier alpha value is -3.14. The molecular weight excluding hydrogens is 462 g/mol. The van der Waals surface area contributed by atoms with Crippen LogP contribution in [0.15, 0.2) is 30.3 Å². The number of likely N-dealkylation sites (tertiary alicyclic amines) is 1. The van der Waals surface area contributed by atoms with Crippen LogP contribution in [0.3, 0.4) is 0 Å². The van der Waals surface area contributed by atoms with Gasteiger partial charge in [-0.15, -0.1) is 0 Å². The van der Waals surface area contributed by atoms with E-state index in [1.807, 2.05) is 6.07 Å². The van der Waals surface area contributed by atoms with Crippen molar-refractivity contribution in [3.05, 3.63) is 53.1 Å². The van der Waals surface area contributed by atoms with Gasteiger partial charge in [0.05, 0.1) is 17.1 Å². The molecule has 2 aromatic carbocycles. The molecule has 1 saturated heterocycles. The summed E-state index contributed by atoms with van der Waals surface area (Å²) in [6, 6.07) is 7.20. The van der Waals surface area contributed by atoms with Gasteiger partial charge in [-0.2, -0.15) is 13.2 Å². The standard InChI is InChI=1S/C25H29F4N5O/c1-13-5-6-17(34(13)4)12-35-18-7-8-22-20(11-18)24(33-15(3)32-22)31-14(2)19-9-16(30)10-21(23(19)26)25(27,28)29/h7-11,13-14,17H,5-6,12,30H2,1-4H3,(H,31,32,33)/t13-,14-,17+/m1/s1. The van der Waals surface area contributed by atoms with E-state index in [9.17, 15) is 17.6 Å². The number of aryl methyl sites for hydroxylation is 1. The van der Waals surface area contributed by atoms with Gasteiger partial charge in [0.15, 0.2) is 0 Å². The van der Waals surface area contributed by atoms with Crippen LogP contribution in [0.4, 0.5) is 29.1 Å². The quantitative estimate of drug-likeness (QED) is 0.340. The van der Waals surface area contributed by atoms with E-state index in [1.165, 1.54) is 6.07 Å². The van der Waals surface area contributed by atoms with Gasteiger partial charge >= 0.3 is 6.18 Å². The molecule has 0 bridgehead atoms. The lowest BCUT2D eigenvalue weighted by Crippen LogP contribution is -2.34. The minimum atomic E-state index is -4.86. The number of hydrogen-bond acceptors (Lipinski definition) is 6. The predicted octanol–water partition coefficient (Wildman–Crippen LogP) is 5.71. The molecular formula is C25H29F4N5O. The molecule has 3 atom stereocenters. The zero-order chi connectivity index (χ0) is 25.5. The summed E-state index contributed by atoms with van der Waals surface area (Å²) < 4.78 is 60.7. The molecule has 0 aliphatic carbocycles. The molecule has 1 aliphatic heterocycles. The first-order chi connectivity index (χ1) is 16.4. The Labute approximate surface area is 201 Å². The number of benzene rings is 2. The fourth-order valence-electron chi connectivity index (χ4n) is 4.49. The van der Waals surface area contributed by atoms with Crippen LogP contribution in [-0.4, -0.2) is 40.6 Å². The van der Waals surface area contributed by atoms with Crippen LogP contribution in [0.2, 0.25) is 0 Å². The second kappa shape index (κ2) is 9.49. The lowest BCUT2D eigenvalue weighted by molar-refractivity contribution is -0.140. The van der Waals surface area contributed by atoms with E-state index < -0.39 is 23.6 Å². The first kappa shape index (κ1) is 25.0. The first-order valence-corrected chi connectivity index (χ1v) is 11.5. The Morgan fingerprint density at radius 3 is 2.60 bits per heavy atom. The second-order valence-corrected chi connectivity index (χ2v) is 9.19. The Balaban J connectivity index is 1.62. The van der Waals surface area contributed by atoms with Gasteiger partial charge in [-0.05, 0) is 71.0 Å². The van der Waals surface area contributed by atoms with Crippen LogP contribution in [0.25, 0.3) is 10.9 Å². The maximum Gasteiger partial charge on any atom is 0.419 e. The average molecular weight is 492 g/mol. The normalized spacial score (nSPS) is 19.8. The van der Waals surface area contributed by atoms with E-state index in [1.54, 1.807) is 26.0 Å². The van der Waals surface area contributed by atoms with E-state index in [0.717, 1.165) is 12.8 Å². The lowest BCUT2D eigenvalue weighted by atomic mass is 10.0. The summed E-state index contributed by atoms with van der Waals surface area (Å²) in [6.45, 7) is 5.99. The van der Waals surface area contributed by atoms with Gasteiger partial charge in [0, 0.05) is 28.7 Å². The van der Waals surface area contributed by atoms with Crippen molar-refractivity contribution in [3.63, 3.8) is 0 Å². The molecule has 2 heterocycles. The maximum absolute atomic E-state index is 14.8. The highest BCUT2D eigenvalue weighted by Gasteiger charge is 2.36. The Kier molecular flexibility index (Phi) is 6.77. The smallest absolute Gasteiger partial charge is 0.419 e. The van der Waals surface area contributed by atoms with Gasteiger partial charge in [-0.3, -0.25) is 4.90 Å². The van der Waals surface area contributed by atoms with Crippen molar-refractivity contribution in [1.29, 1.82) is 0 Å². The molecule has 35 heavy (non-hydrogen) atoms. The summed E-state index contributed by atoms with van der Waals surface area (Å²) in [4.78, 5) is 11.2. The van der Waals surface area contributed by atoms with Crippen LogP contribution in [0.5, 0.6) is 5.75 Å². The predicted molar refractivity (Wildman–Crippen MR) is 128 cm³/mol. The third kappa shape index (κ3) is 5.27. The number of fused-ring (bicyclic) bond motifs is 1. The largest absolute Gasteiger partial charge is 0.492 e. The van der Waals surface area contributed by atoms with E-state index >= 15 is 0 Å². The summed E-state index contributed by atoms with van der Waals surface area (Å²) >= 11 is 0. The highest BCUT2D eigenvalue weighted by Crippen LogP contribution is 2.37. The molecule has 3 aromatic rings.